The number of oxazole rings is 1. The van der Waals surface area contributed by atoms with Crippen LogP contribution in [-0.4, -0.2) is 32.8 Å². The minimum absolute atomic E-state index is 0.0176. The Kier molecular flexibility index (Phi) is 3.46. The summed E-state index contributed by atoms with van der Waals surface area (Å²) in [6.07, 6.45) is 2.31. The van der Waals surface area contributed by atoms with Crippen LogP contribution in [0.15, 0.2) is 59.1 Å². The lowest BCUT2D eigenvalue weighted by molar-refractivity contribution is -0.128. The van der Waals surface area contributed by atoms with Crippen molar-refractivity contribution in [1.82, 2.24) is 20.2 Å². The molecule has 1 aliphatic rings. The summed E-state index contributed by atoms with van der Waals surface area (Å²) in [6, 6.07) is 14.2. The third-order valence-corrected chi connectivity index (χ3v) is 4.84. The predicted molar refractivity (Wildman–Crippen MR) is 98.9 cm³/mol. The molecule has 3 amide bonds. The van der Waals surface area contributed by atoms with E-state index in [2.05, 4.69) is 15.3 Å². The molecule has 1 saturated heterocycles. The van der Waals surface area contributed by atoms with Gasteiger partial charge in [-0.25, -0.2) is 9.78 Å². The van der Waals surface area contributed by atoms with Crippen LogP contribution in [0.25, 0.3) is 22.0 Å². The van der Waals surface area contributed by atoms with E-state index in [9.17, 15) is 9.59 Å². The van der Waals surface area contributed by atoms with E-state index in [0.717, 1.165) is 21.4 Å². The second kappa shape index (κ2) is 5.98. The number of benzene rings is 2. The molecule has 2 N–H and O–H groups in total. The maximum atomic E-state index is 12.8. The van der Waals surface area contributed by atoms with Gasteiger partial charge in [0.2, 0.25) is 5.89 Å². The van der Waals surface area contributed by atoms with Gasteiger partial charge in [-0.1, -0.05) is 30.3 Å². The molecule has 0 aliphatic carbocycles. The lowest BCUT2D eigenvalue weighted by Gasteiger charge is -2.10. The van der Waals surface area contributed by atoms with Crippen molar-refractivity contribution >= 4 is 33.9 Å². The van der Waals surface area contributed by atoms with E-state index in [4.69, 9.17) is 4.42 Å². The highest BCUT2D eigenvalue weighted by Crippen LogP contribution is 2.22. The molecule has 0 spiro atoms. The Labute approximate surface area is 154 Å². The summed E-state index contributed by atoms with van der Waals surface area (Å²) in [5, 5.41) is 3.82. The molecule has 5 rings (SSSR count). The molecule has 0 saturated carbocycles. The van der Waals surface area contributed by atoms with Crippen molar-refractivity contribution in [1.29, 1.82) is 0 Å². The molecule has 134 valence electrons. The van der Waals surface area contributed by atoms with Crippen LogP contribution in [0.3, 0.4) is 0 Å². The van der Waals surface area contributed by atoms with Crippen molar-refractivity contribution < 1.29 is 14.0 Å². The highest BCUT2D eigenvalue weighted by molar-refractivity contribution is 6.04. The number of H-pyrrole nitrogens is 1. The summed E-state index contributed by atoms with van der Waals surface area (Å²) in [6.45, 7) is 0.0176. The summed E-state index contributed by atoms with van der Waals surface area (Å²) in [7, 11) is 0. The Morgan fingerprint density at radius 2 is 1.89 bits per heavy atom. The van der Waals surface area contributed by atoms with Crippen LogP contribution in [0.5, 0.6) is 0 Å². The molecule has 0 radical (unpaired) electrons. The number of imide groups is 1. The van der Waals surface area contributed by atoms with E-state index in [0.29, 0.717) is 23.4 Å². The Morgan fingerprint density at radius 1 is 1.07 bits per heavy atom. The van der Waals surface area contributed by atoms with E-state index >= 15 is 0 Å². The molecule has 0 bridgehead atoms. The molecule has 1 unspecified atom stereocenters. The zero-order chi connectivity index (χ0) is 18.4. The Morgan fingerprint density at radius 3 is 2.78 bits per heavy atom. The standard InChI is InChI=1S/C20H16N4O3/c25-19-16(9-12-10-21-14-6-2-1-5-13(12)14)23-20(26)24(19)11-18-22-15-7-3-4-8-17(15)27-18/h1-8,10,16,21H,9,11H2,(H,23,26). The van der Waals surface area contributed by atoms with Gasteiger partial charge >= 0.3 is 6.03 Å². The molecular formula is C20H16N4O3. The van der Waals surface area contributed by atoms with E-state index in [1.54, 1.807) is 6.07 Å². The topological polar surface area (TPSA) is 91.2 Å². The van der Waals surface area contributed by atoms with E-state index < -0.39 is 12.1 Å². The average Bonchev–Trinajstić information content (AvgIpc) is 3.35. The van der Waals surface area contributed by atoms with Crippen molar-refractivity contribution in [2.45, 2.75) is 19.0 Å². The Bertz CT molecular complexity index is 1140. The van der Waals surface area contributed by atoms with Crippen LogP contribution in [0, 0.1) is 0 Å². The zero-order valence-corrected chi connectivity index (χ0v) is 14.3. The van der Waals surface area contributed by atoms with E-state index in [-0.39, 0.29) is 12.5 Å². The van der Waals surface area contributed by atoms with Gasteiger partial charge in [0.25, 0.3) is 5.91 Å². The van der Waals surface area contributed by atoms with Crippen LogP contribution < -0.4 is 5.32 Å². The smallest absolute Gasteiger partial charge is 0.325 e. The molecule has 4 aromatic rings. The van der Waals surface area contributed by atoms with Gasteiger partial charge in [0, 0.05) is 23.5 Å². The SMILES string of the molecule is O=C1NC(Cc2c[nH]c3ccccc23)C(=O)N1Cc1nc2ccccc2o1. The van der Waals surface area contributed by atoms with Crippen LogP contribution in [-0.2, 0) is 17.8 Å². The first-order valence-electron chi connectivity index (χ1n) is 8.70. The van der Waals surface area contributed by atoms with Crippen LogP contribution >= 0.6 is 0 Å². The first kappa shape index (κ1) is 15.6. The van der Waals surface area contributed by atoms with Crippen molar-refractivity contribution in [3.63, 3.8) is 0 Å². The van der Waals surface area contributed by atoms with Gasteiger partial charge in [-0.3, -0.25) is 9.69 Å². The molecular weight excluding hydrogens is 344 g/mol. The normalized spacial score (nSPS) is 17.2. The third kappa shape index (κ3) is 2.64. The number of fused-ring (bicyclic) bond motifs is 2. The molecule has 3 heterocycles. The van der Waals surface area contributed by atoms with Gasteiger partial charge in [0.1, 0.15) is 18.1 Å². The number of para-hydroxylation sites is 3. The second-order valence-electron chi connectivity index (χ2n) is 6.57. The van der Waals surface area contributed by atoms with Crippen LogP contribution in [0.4, 0.5) is 4.79 Å². The molecule has 2 aromatic heterocycles. The fraction of sp³-hybridized carbons (Fsp3) is 0.150. The minimum Gasteiger partial charge on any atom is -0.439 e. The molecule has 1 atom stereocenters. The van der Waals surface area contributed by atoms with Crippen molar-refractivity contribution in [2.24, 2.45) is 0 Å². The quantitative estimate of drug-likeness (QED) is 0.547. The molecule has 2 aromatic carbocycles. The number of carbonyl (C=O) groups is 2. The maximum absolute atomic E-state index is 12.8. The van der Waals surface area contributed by atoms with E-state index in [1.165, 1.54) is 0 Å². The number of nitrogens with one attached hydrogen (secondary N) is 2. The Hall–Kier alpha value is -3.61. The number of amides is 3. The fourth-order valence-electron chi connectivity index (χ4n) is 3.51. The van der Waals surface area contributed by atoms with Gasteiger partial charge in [-0.05, 0) is 23.8 Å². The van der Waals surface area contributed by atoms with Crippen molar-refractivity contribution in [3.05, 3.63) is 66.2 Å². The lowest BCUT2D eigenvalue weighted by Crippen LogP contribution is -2.32. The van der Waals surface area contributed by atoms with Gasteiger partial charge in [0.15, 0.2) is 5.58 Å². The number of hydrogen-bond acceptors (Lipinski definition) is 4. The second-order valence-corrected chi connectivity index (χ2v) is 6.57. The van der Waals surface area contributed by atoms with Gasteiger partial charge < -0.3 is 14.7 Å². The van der Waals surface area contributed by atoms with Crippen molar-refractivity contribution in [2.75, 3.05) is 0 Å². The first-order chi connectivity index (χ1) is 13.2. The monoisotopic (exact) mass is 360 g/mol. The highest BCUT2D eigenvalue weighted by Gasteiger charge is 2.39. The number of nitrogens with zero attached hydrogens (tertiary/aromatic N) is 2. The fourth-order valence-corrected chi connectivity index (χ4v) is 3.51. The lowest BCUT2D eigenvalue weighted by atomic mass is 10.1. The molecule has 27 heavy (non-hydrogen) atoms. The predicted octanol–water partition coefficient (Wildman–Crippen LogP) is 2.97. The number of hydrogen-bond donors (Lipinski definition) is 2. The minimum atomic E-state index is -0.596. The Balaban J connectivity index is 1.36. The molecule has 1 aliphatic heterocycles. The van der Waals surface area contributed by atoms with Crippen LogP contribution in [0.2, 0.25) is 0 Å². The number of aromatic amines is 1. The largest absolute Gasteiger partial charge is 0.439 e. The average molecular weight is 360 g/mol. The number of aromatic nitrogens is 2. The summed E-state index contributed by atoms with van der Waals surface area (Å²) >= 11 is 0. The number of urea groups is 1. The summed E-state index contributed by atoms with van der Waals surface area (Å²) in [5.41, 5.74) is 3.34. The third-order valence-electron chi connectivity index (χ3n) is 4.84. The molecule has 7 nitrogen and oxygen atoms in total. The van der Waals surface area contributed by atoms with Gasteiger partial charge in [-0.15, -0.1) is 0 Å². The van der Waals surface area contributed by atoms with E-state index in [1.807, 2.05) is 48.7 Å². The summed E-state index contributed by atoms with van der Waals surface area (Å²) < 4.78 is 5.64. The first-order valence-corrected chi connectivity index (χ1v) is 8.70. The summed E-state index contributed by atoms with van der Waals surface area (Å²) in [5.74, 6) is 0.0694. The molecule has 1 fully saturated rings. The highest BCUT2D eigenvalue weighted by atomic mass is 16.3. The number of carbonyl (C=O) groups excluding carboxylic acids is 2. The van der Waals surface area contributed by atoms with Gasteiger partial charge in [-0.2, -0.15) is 0 Å². The van der Waals surface area contributed by atoms with Gasteiger partial charge in [0.05, 0.1) is 0 Å². The summed E-state index contributed by atoms with van der Waals surface area (Å²) in [4.78, 5) is 33.8. The molecule has 7 heteroatoms. The van der Waals surface area contributed by atoms with Crippen LogP contribution in [0.1, 0.15) is 11.5 Å². The van der Waals surface area contributed by atoms with Crippen molar-refractivity contribution in [3.8, 4) is 0 Å². The number of rotatable bonds is 4. The zero-order valence-electron chi connectivity index (χ0n) is 14.3. The maximum Gasteiger partial charge on any atom is 0.325 e.